The van der Waals surface area contributed by atoms with Crippen LogP contribution in [0.3, 0.4) is 0 Å². The number of nitrogens with zero attached hydrogens (tertiary/aromatic N) is 1. The van der Waals surface area contributed by atoms with E-state index in [1.165, 1.54) is 0 Å². The molecule has 0 bridgehead atoms. The van der Waals surface area contributed by atoms with Gasteiger partial charge in [-0.15, -0.1) is 0 Å². The number of oxazole rings is 1. The van der Waals surface area contributed by atoms with Gasteiger partial charge in [0, 0.05) is 5.56 Å². The van der Waals surface area contributed by atoms with E-state index in [0.717, 1.165) is 27.1 Å². The summed E-state index contributed by atoms with van der Waals surface area (Å²) in [6.07, 6.45) is 0. The van der Waals surface area contributed by atoms with Crippen LogP contribution >= 0.6 is 15.9 Å². The maximum absolute atomic E-state index is 5.77. The van der Waals surface area contributed by atoms with E-state index in [-0.39, 0.29) is 0 Å². The molecular weight excluding hydrogens is 322 g/mol. The molecule has 1 heterocycles. The van der Waals surface area contributed by atoms with Crippen molar-refractivity contribution in [2.24, 2.45) is 0 Å². The predicted molar refractivity (Wildman–Crippen MR) is 80.2 cm³/mol. The Kier molecular flexibility index (Phi) is 3.36. The van der Waals surface area contributed by atoms with Gasteiger partial charge in [0.2, 0.25) is 5.89 Å². The van der Waals surface area contributed by atoms with Gasteiger partial charge in [0.15, 0.2) is 5.58 Å². The van der Waals surface area contributed by atoms with E-state index >= 15 is 0 Å². The van der Waals surface area contributed by atoms with E-state index < -0.39 is 0 Å². The van der Waals surface area contributed by atoms with Crippen LogP contribution in [-0.2, 0) is 0 Å². The molecule has 0 spiro atoms. The highest BCUT2D eigenvalue weighted by Crippen LogP contribution is 2.35. The fourth-order valence-electron chi connectivity index (χ4n) is 1.96. The van der Waals surface area contributed by atoms with Crippen LogP contribution in [0.5, 0.6) is 11.5 Å². The number of halogens is 1. The van der Waals surface area contributed by atoms with E-state index in [2.05, 4.69) is 20.9 Å². The minimum absolute atomic E-state index is 0.566. The number of hydrogen-bond acceptors (Lipinski definition) is 4. The van der Waals surface area contributed by atoms with Gasteiger partial charge in [0.25, 0.3) is 0 Å². The minimum Gasteiger partial charge on any atom is -0.497 e. The van der Waals surface area contributed by atoms with E-state index in [1.54, 1.807) is 14.2 Å². The van der Waals surface area contributed by atoms with Gasteiger partial charge >= 0.3 is 0 Å². The summed E-state index contributed by atoms with van der Waals surface area (Å²) in [6, 6.07) is 11.3. The largest absolute Gasteiger partial charge is 0.497 e. The van der Waals surface area contributed by atoms with Crippen molar-refractivity contribution in [2.75, 3.05) is 14.2 Å². The number of benzene rings is 2. The molecule has 0 radical (unpaired) electrons. The second kappa shape index (κ2) is 5.17. The van der Waals surface area contributed by atoms with Crippen molar-refractivity contribution < 1.29 is 13.9 Å². The molecule has 0 atom stereocenters. The van der Waals surface area contributed by atoms with Crippen molar-refractivity contribution in [3.63, 3.8) is 0 Å². The van der Waals surface area contributed by atoms with Gasteiger partial charge in [-0.2, -0.15) is 0 Å². The van der Waals surface area contributed by atoms with Crippen molar-refractivity contribution in [3.05, 3.63) is 40.9 Å². The molecule has 3 aromatic rings. The second-order valence-electron chi connectivity index (χ2n) is 4.18. The highest BCUT2D eigenvalue weighted by atomic mass is 79.9. The zero-order chi connectivity index (χ0) is 14.1. The van der Waals surface area contributed by atoms with Gasteiger partial charge in [-0.25, -0.2) is 4.98 Å². The van der Waals surface area contributed by atoms with Crippen LogP contribution in [0.2, 0.25) is 0 Å². The monoisotopic (exact) mass is 333 g/mol. The van der Waals surface area contributed by atoms with Gasteiger partial charge in [-0.3, -0.25) is 0 Å². The summed E-state index contributed by atoms with van der Waals surface area (Å²) in [5.74, 6) is 2.09. The highest BCUT2D eigenvalue weighted by molar-refractivity contribution is 9.10. The van der Waals surface area contributed by atoms with Crippen LogP contribution in [0, 0.1) is 0 Å². The Morgan fingerprint density at radius 2 is 1.75 bits per heavy atom. The van der Waals surface area contributed by atoms with Crippen molar-refractivity contribution in [1.82, 2.24) is 4.98 Å². The number of hydrogen-bond donors (Lipinski definition) is 0. The third kappa shape index (κ3) is 2.14. The van der Waals surface area contributed by atoms with Crippen LogP contribution in [0.1, 0.15) is 0 Å². The normalized spacial score (nSPS) is 10.8. The first kappa shape index (κ1) is 13.0. The van der Waals surface area contributed by atoms with Crippen molar-refractivity contribution in [2.45, 2.75) is 0 Å². The smallest absolute Gasteiger partial charge is 0.227 e. The Morgan fingerprint density at radius 1 is 1.00 bits per heavy atom. The lowest BCUT2D eigenvalue weighted by atomic mass is 10.2. The Balaban J connectivity index is 2.10. The van der Waals surface area contributed by atoms with Crippen LogP contribution in [0.4, 0.5) is 0 Å². The SMILES string of the molecule is COc1ccc(-c2nc3c(Br)c(OC)ccc3o2)cc1. The standard InChI is InChI=1S/C15H12BrNO3/c1-18-10-5-3-9(4-6-10)15-17-14-12(20-15)8-7-11(19-2)13(14)16/h3-8H,1-2H3. The molecule has 0 saturated carbocycles. The van der Waals surface area contributed by atoms with Crippen LogP contribution in [0.15, 0.2) is 45.3 Å². The molecule has 0 unspecified atom stereocenters. The van der Waals surface area contributed by atoms with Gasteiger partial charge in [-0.1, -0.05) is 0 Å². The molecule has 5 heteroatoms. The Labute approximate surface area is 124 Å². The van der Waals surface area contributed by atoms with Crippen LogP contribution < -0.4 is 9.47 Å². The molecular formula is C15H12BrNO3. The molecule has 0 aliphatic rings. The number of fused-ring (bicyclic) bond motifs is 1. The third-order valence-corrected chi connectivity index (χ3v) is 3.79. The molecule has 102 valence electrons. The lowest BCUT2D eigenvalue weighted by Gasteiger charge is -2.00. The fraction of sp³-hybridized carbons (Fsp3) is 0.133. The molecule has 0 amide bonds. The molecule has 20 heavy (non-hydrogen) atoms. The number of rotatable bonds is 3. The first-order valence-corrected chi connectivity index (χ1v) is 6.79. The minimum atomic E-state index is 0.566. The number of ether oxygens (including phenoxy) is 2. The molecule has 0 fully saturated rings. The summed E-state index contributed by atoms with van der Waals surface area (Å²) in [7, 11) is 3.26. The summed E-state index contributed by atoms with van der Waals surface area (Å²) >= 11 is 3.48. The lowest BCUT2D eigenvalue weighted by Crippen LogP contribution is -1.84. The Morgan fingerprint density at radius 3 is 2.40 bits per heavy atom. The zero-order valence-corrected chi connectivity index (χ0v) is 12.6. The topological polar surface area (TPSA) is 44.5 Å². The predicted octanol–water partition coefficient (Wildman–Crippen LogP) is 4.27. The first-order valence-electron chi connectivity index (χ1n) is 6.00. The van der Waals surface area contributed by atoms with Gasteiger partial charge in [-0.05, 0) is 52.3 Å². The highest BCUT2D eigenvalue weighted by Gasteiger charge is 2.13. The van der Waals surface area contributed by atoms with E-state index in [0.29, 0.717) is 11.5 Å². The maximum atomic E-state index is 5.77. The zero-order valence-electron chi connectivity index (χ0n) is 11.0. The van der Waals surface area contributed by atoms with Crippen molar-refractivity contribution in [3.8, 4) is 23.0 Å². The van der Waals surface area contributed by atoms with Crippen molar-refractivity contribution >= 4 is 27.0 Å². The summed E-state index contributed by atoms with van der Waals surface area (Å²) in [4.78, 5) is 4.51. The molecule has 0 saturated heterocycles. The molecule has 0 aliphatic carbocycles. The Bertz CT molecular complexity index is 750. The first-order chi connectivity index (χ1) is 9.72. The van der Waals surface area contributed by atoms with E-state index in [1.807, 2.05) is 36.4 Å². The molecule has 3 rings (SSSR count). The summed E-state index contributed by atoms with van der Waals surface area (Å²) in [6.45, 7) is 0. The summed E-state index contributed by atoms with van der Waals surface area (Å²) in [5, 5.41) is 0. The van der Waals surface area contributed by atoms with Gasteiger partial charge < -0.3 is 13.9 Å². The van der Waals surface area contributed by atoms with Crippen molar-refractivity contribution in [1.29, 1.82) is 0 Å². The number of methoxy groups -OCH3 is 2. The van der Waals surface area contributed by atoms with Crippen LogP contribution in [-0.4, -0.2) is 19.2 Å². The number of aromatic nitrogens is 1. The van der Waals surface area contributed by atoms with Gasteiger partial charge in [0.1, 0.15) is 17.0 Å². The van der Waals surface area contributed by atoms with Crippen LogP contribution in [0.25, 0.3) is 22.6 Å². The third-order valence-electron chi connectivity index (χ3n) is 3.02. The lowest BCUT2D eigenvalue weighted by molar-refractivity contribution is 0.412. The molecule has 4 nitrogen and oxygen atoms in total. The van der Waals surface area contributed by atoms with Gasteiger partial charge in [0.05, 0.1) is 18.7 Å². The average Bonchev–Trinajstić information content (AvgIpc) is 2.93. The fourth-order valence-corrected chi connectivity index (χ4v) is 2.54. The van der Waals surface area contributed by atoms with E-state index in [4.69, 9.17) is 13.9 Å². The quantitative estimate of drug-likeness (QED) is 0.717. The average molecular weight is 334 g/mol. The molecule has 1 aromatic heterocycles. The summed E-state index contributed by atoms with van der Waals surface area (Å²) < 4.78 is 17.0. The maximum Gasteiger partial charge on any atom is 0.227 e. The molecule has 0 N–H and O–H groups in total. The molecule has 2 aromatic carbocycles. The molecule has 0 aliphatic heterocycles. The van der Waals surface area contributed by atoms with E-state index in [9.17, 15) is 0 Å². The Hall–Kier alpha value is -2.01. The second-order valence-corrected chi connectivity index (χ2v) is 4.97. The summed E-state index contributed by atoms with van der Waals surface area (Å²) in [5.41, 5.74) is 2.35.